The number of sulfonamides is 1. The zero-order valence-electron chi connectivity index (χ0n) is 19.5. The van der Waals surface area contributed by atoms with E-state index in [1.165, 1.54) is 24.3 Å². The molecule has 1 amide bonds. The first kappa shape index (κ1) is 25.7. The van der Waals surface area contributed by atoms with Crippen LogP contribution >= 0.6 is 0 Å². The number of nitrogens with two attached hydrogens (primary N) is 1. The topological polar surface area (TPSA) is 173 Å². The summed E-state index contributed by atoms with van der Waals surface area (Å²) >= 11 is 0. The van der Waals surface area contributed by atoms with Gasteiger partial charge in [-0.25, -0.2) is 8.42 Å². The molecule has 4 rings (SSSR count). The highest BCUT2D eigenvalue weighted by molar-refractivity contribution is 7.89. The van der Waals surface area contributed by atoms with Crippen molar-refractivity contribution in [1.29, 1.82) is 0 Å². The zero-order valence-corrected chi connectivity index (χ0v) is 20.4. The molecule has 0 radical (unpaired) electrons. The van der Waals surface area contributed by atoms with Crippen molar-refractivity contribution in [1.82, 2.24) is 15.0 Å². The number of carboxylic acid groups (broad SMARTS) is 1. The molecule has 2 aliphatic rings. The van der Waals surface area contributed by atoms with E-state index in [0.29, 0.717) is 12.8 Å². The molecule has 2 aromatic rings. The lowest BCUT2D eigenvalue weighted by Crippen LogP contribution is -2.49. The summed E-state index contributed by atoms with van der Waals surface area (Å²) in [6.07, 6.45) is 4.95. The molecule has 5 N–H and O–H groups in total. The fraction of sp³-hybridized carbons (Fsp3) is 0.417. The Morgan fingerprint density at radius 2 is 1.83 bits per heavy atom. The number of pyridine rings is 1. The first-order chi connectivity index (χ1) is 17.2. The van der Waals surface area contributed by atoms with E-state index in [4.69, 9.17) is 10.6 Å². The Bertz CT molecular complexity index is 1210. The van der Waals surface area contributed by atoms with Crippen LogP contribution in [0, 0.1) is 5.92 Å². The van der Waals surface area contributed by atoms with E-state index in [2.05, 4.69) is 20.2 Å². The monoisotopic (exact) mass is 515 g/mol. The Hall–Kier alpha value is -3.35. The minimum atomic E-state index is -4.08. The minimum absolute atomic E-state index is 0.0727. The lowest BCUT2D eigenvalue weighted by atomic mass is 9.73. The lowest BCUT2D eigenvalue weighted by Gasteiger charge is -2.36. The largest absolute Gasteiger partial charge is 0.480 e. The Kier molecular flexibility index (Phi) is 7.67. The highest BCUT2D eigenvalue weighted by atomic mass is 32.2. The highest BCUT2D eigenvalue weighted by Crippen LogP contribution is 2.43. The number of aromatic nitrogens is 1. The summed E-state index contributed by atoms with van der Waals surface area (Å²) in [6.45, 7) is -0.451. The number of hydrogen-bond donors (Lipinski definition) is 4. The molecule has 1 spiro atoms. The first-order valence-electron chi connectivity index (χ1n) is 11.7. The third kappa shape index (κ3) is 5.89. The van der Waals surface area contributed by atoms with Crippen LogP contribution in [0.15, 0.2) is 64.8 Å². The normalized spacial score (nSPS) is 23.4. The molecule has 1 aliphatic carbocycles. The molecule has 2 heterocycles. The van der Waals surface area contributed by atoms with Gasteiger partial charge in [-0.05, 0) is 55.9 Å². The van der Waals surface area contributed by atoms with Gasteiger partial charge in [-0.15, -0.1) is 0 Å². The third-order valence-electron chi connectivity index (χ3n) is 6.70. The van der Waals surface area contributed by atoms with E-state index >= 15 is 0 Å². The maximum Gasteiger partial charge on any atom is 0.323 e. The summed E-state index contributed by atoms with van der Waals surface area (Å²) in [5.74, 6) is -1.77. The molecule has 192 valence electrons. The number of aliphatic carboxylic acids is 1. The van der Waals surface area contributed by atoms with E-state index < -0.39 is 40.1 Å². The number of rotatable bonds is 9. The predicted molar refractivity (Wildman–Crippen MR) is 130 cm³/mol. The maximum absolute atomic E-state index is 12.7. The average Bonchev–Trinajstić information content (AvgIpc) is 3.30. The van der Waals surface area contributed by atoms with Crippen LogP contribution in [0.4, 0.5) is 0 Å². The predicted octanol–water partition coefficient (Wildman–Crippen LogP) is 1.33. The van der Waals surface area contributed by atoms with Gasteiger partial charge in [0.2, 0.25) is 10.0 Å². The molecule has 36 heavy (non-hydrogen) atoms. The molecular weight excluding hydrogens is 486 g/mol. The van der Waals surface area contributed by atoms with Crippen LogP contribution in [-0.4, -0.2) is 54.3 Å². The van der Waals surface area contributed by atoms with Crippen LogP contribution in [-0.2, 0) is 24.4 Å². The van der Waals surface area contributed by atoms with E-state index in [-0.39, 0.29) is 29.0 Å². The van der Waals surface area contributed by atoms with E-state index in [9.17, 15) is 23.1 Å². The summed E-state index contributed by atoms with van der Waals surface area (Å²) < 4.78 is 27.1. The Morgan fingerprint density at radius 1 is 1.14 bits per heavy atom. The molecule has 2 unspecified atom stereocenters. The van der Waals surface area contributed by atoms with Crippen molar-refractivity contribution in [3.05, 3.63) is 60.4 Å². The second-order valence-corrected chi connectivity index (χ2v) is 10.9. The molecule has 1 aliphatic heterocycles. The van der Waals surface area contributed by atoms with Gasteiger partial charge < -0.3 is 21.0 Å². The van der Waals surface area contributed by atoms with Gasteiger partial charge in [0, 0.05) is 25.2 Å². The van der Waals surface area contributed by atoms with Gasteiger partial charge in [-0.1, -0.05) is 29.4 Å². The number of oxime groups is 1. The van der Waals surface area contributed by atoms with E-state index in [1.54, 1.807) is 12.3 Å². The number of benzene rings is 1. The Labute approximate surface area is 209 Å². The van der Waals surface area contributed by atoms with Crippen molar-refractivity contribution in [3.63, 3.8) is 0 Å². The standard InChI is InChI=1S/C24H29N5O6S/c25-21(18-8-4-5-13-26-18)16-9-11-24(12-10-16)14-19(28-35-24)22(30)27-15-20(23(31)32)29-36(33,34)17-6-2-1-3-7-17/h1-8,13,16,20-21,29H,9-12,14-15,25H2,(H,27,30)(H,31,32). The summed E-state index contributed by atoms with van der Waals surface area (Å²) in [5.41, 5.74) is 6.82. The number of nitrogens with zero attached hydrogens (tertiary/aromatic N) is 2. The van der Waals surface area contributed by atoms with Crippen LogP contribution in [0.5, 0.6) is 0 Å². The molecule has 2 atom stereocenters. The van der Waals surface area contributed by atoms with Crippen molar-refractivity contribution in [3.8, 4) is 0 Å². The highest BCUT2D eigenvalue weighted by Gasteiger charge is 2.45. The summed E-state index contributed by atoms with van der Waals surface area (Å²) in [7, 11) is -4.08. The number of nitrogens with one attached hydrogen (secondary N) is 2. The Morgan fingerprint density at radius 3 is 2.47 bits per heavy atom. The van der Waals surface area contributed by atoms with Gasteiger partial charge in [0.05, 0.1) is 10.6 Å². The molecule has 0 bridgehead atoms. The molecule has 12 heteroatoms. The average molecular weight is 516 g/mol. The SMILES string of the molecule is NC(c1ccccn1)C1CCC2(CC1)CC(C(=O)NCC(NS(=O)(=O)c1ccccc1)C(=O)O)=NO2. The zero-order chi connectivity index (χ0) is 25.8. The number of carboxylic acids is 1. The first-order valence-corrected chi connectivity index (χ1v) is 13.2. The molecule has 0 saturated heterocycles. The van der Waals surface area contributed by atoms with Gasteiger partial charge in [-0.2, -0.15) is 4.72 Å². The number of hydrogen-bond acceptors (Lipinski definition) is 8. The van der Waals surface area contributed by atoms with Gasteiger partial charge >= 0.3 is 5.97 Å². The number of carbonyl (C=O) groups is 2. The smallest absolute Gasteiger partial charge is 0.323 e. The van der Waals surface area contributed by atoms with Crippen LogP contribution in [0.1, 0.15) is 43.8 Å². The second-order valence-electron chi connectivity index (χ2n) is 9.14. The molecular formula is C24H29N5O6S. The van der Waals surface area contributed by atoms with E-state index in [0.717, 1.165) is 18.5 Å². The van der Waals surface area contributed by atoms with Gasteiger partial charge in [0.25, 0.3) is 5.91 Å². The fourth-order valence-corrected chi connectivity index (χ4v) is 5.79. The van der Waals surface area contributed by atoms with Crippen LogP contribution in [0.3, 0.4) is 0 Å². The summed E-state index contributed by atoms with van der Waals surface area (Å²) in [6, 6.07) is 11.3. The van der Waals surface area contributed by atoms with Gasteiger partial charge in [-0.3, -0.25) is 14.6 Å². The maximum atomic E-state index is 12.7. The Balaban J connectivity index is 1.29. The van der Waals surface area contributed by atoms with Crippen molar-refractivity contribution in [2.45, 2.75) is 54.7 Å². The minimum Gasteiger partial charge on any atom is -0.480 e. The van der Waals surface area contributed by atoms with Gasteiger partial charge in [0.15, 0.2) is 0 Å². The molecule has 11 nitrogen and oxygen atoms in total. The van der Waals surface area contributed by atoms with Crippen molar-refractivity contribution >= 4 is 27.6 Å². The third-order valence-corrected chi connectivity index (χ3v) is 8.18. The van der Waals surface area contributed by atoms with E-state index in [1.807, 2.05) is 18.2 Å². The van der Waals surface area contributed by atoms with Gasteiger partial charge in [0.1, 0.15) is 17.4 Å². The molecule has 1 aromatic carbocycles. The molecule has 1 aromatic heterocycles. The summed E-state index contributed by atoms with van der Waals surface area (Å²) in [5, 5.41) is 15.9. The van der Waals surface area contributed by atoms with Crippen molar-refractivity contribution in [2.24, 2.45) is 16.8 Å². The van der Waals surface area contributed by atoms with Crippen molar-refractivity contribution in [2.75, 3.05) is 6.54 Å². The summed E-state index contributed by atoms with van der Waals surface area (Å²) in [4.78, 5) is 34.3. The quantitative estimate of drug-likeness (QED) is 0.387. The van der Waals surface area contributed by atoms with Crippen LogP contribution in [0.2, 0.25) is 0 Å². The van der Waals surface area contributed by atoms with Crippen molar-refractivity contribution < 1.29 is 28.0 Å². The fourth-order valence-electron chi connectivity index (χ4n) is 4.58. The number of amides is 1. The molecule has 1 saturated carbocycles. The van der Waals surface area contributed by atoms with Crippen LogP contribution < -0.4 is 15.8 Å². The van der Waals surface area contributed by atoms with Crippen LogP contribution in [0.25, 0.3) is 0 Å². The second kappa shape index (κ2) is 10.7. The number of carbonyl (C=O) groups excluding carboxylic acids is 1. The lowest BCUT2D eigenvalue weighted by molar-refractivity contribution is -0.138. The molecule has 1 fully saturated rings.